The van der Waals surface area contributed by atoms with Crippen LogP contribution in [0.15, 0.2) is 0 Å². The SMILES string of the molecule is CCNC(=O)[C@H](N)CCC(=O)O. The third-order valence-corrected chi connectivity index (χ3v) is 1.36. The molecule has 12 heavy (non-hydrogen) atoms. The van der Waals surface area contributed by atoms with E-state index >= 15 is 0 Å². The number of nitrogens with one attached hydrogen (secondary N) is 1. The van der Waals surface area contributed by atoms with Gasteiger partial charge in [0.1, 0.15) is 0 Å². The fourth-order valence-electron chi connectivity index (χ4n) is 0.715. The van der Waals surface area contributed by atoms with Crippen molar-refractivity contribution in [2.75, 3.05) is 6.54 Å². The summed E-state index contributed by atoms with van der Waals surface area (Å²) in [5.41, 5.74) is 5.38. The smallest absolute Gasteiger partial charge is 0.303 e. The number of carboxylic acids is 1. The lowest BCUT2D eigenvalue weighted by Gasteiger charge is -2.08. The number of rotatable bonds is 5. The highest BCUT2D eigenvalue weighted by atomic mass is 16.4. The monoisotopic (exact) mass is 174 g/mol. The van der Waals surface area contributed by atoms with E-state index < -0.39 is 12.0 Å². The molecule has 0 heterocycles. The molecule has 0 saturated heterocycles. The van der Waals surface area contributed by atoms with E-state index in [9.17, 15) is 9.59 Å². The summed E-state index contributed by atoms with van der Waals surface area (Å²) >= 11 is 0. The lowest BCUT2D eigenvalue weighted by Crippen LogP contribution is -2.40. The molecular weight excluding hydrogens is 160 g/mol. The first-order valence-corrected chi connectivity index (χ1v) is 3.83. The number of hydrogen-bond donors (Lipinski definition) is 3. The molecule has 0 aromatic heterocycles. The molecule has 5 nitrogen and oxygen atoms in total. The Bertz CT molecular complexity index is 170. The van der Waals surface area contributed by atoms with Crippen LogP contribution in [0.2, 0.25) is 0 Å². The minimum absolute atomic E-state index is 0.0711. The maximum atomic E-state index is 10.9. The van der Waals surface area contributed by atoms with Crippen molar-refractivity contribution >= 4 is 11.9 Å². The zero-order valence-corrected chi connectivity index (χ0v) is 7.04. The first-order chi connectivity index (χ1) is 5.57. The highest BCUT2D eigenvalue weighted by molar-refractivity contribution is 5.82. The number of nitrogens with two attached hydrogens (primary N) is 1. The minimum atomic E-state index is -0.935. The zero-order chi connectivity index (χ0) is 9.56. The number of carbonyl (C=O) groups is 2. The van der Waals surface area contributed by atoms with Crippen LogP contribution in [-0.4, -0.2) is 29.6 Å². The molecule has 0 aliphatic carbocycles. The highest BCUT2D eigenvalue weighted by Crippen LogP contribution is 1.93. The number of amides is 1. The Kier molecular flexibility index (Phi) is 5.03. The lowest BCUT2D eigenvalue weighted by molar-refractivity contribution is -0.137. The number of carboxylic acid groups (broad SMARTS) is 1. The van der Waals surface area contributed by atoms with Crippen molar-refractivity contribution < 1.29 is 14.7 Å². The summed E-state index contributed by atoms with van der Waals surface area (Å²) in [4.78, 5) is 21.0. The predicted molar refractivity (Wildman–Crippen MR) is 43.5 cm³/mol. The van der Waals surface area contributed by atoms with Gasteiger partial charge in [-0.05, 0) is 13.3 Å². The zero-order valence-electron chi connectivity index (χ0n) is 7.04. The Balaban J connectivity index is 3.63. The van der Waals surface area contributed by atoms with E-state index in [2.05, 4.69) is 5.32 Å². The van der Waals surface area contributed by atoms with Crippen LogP contribution in [0.3, 0.4) is 0 Å². The Morgan fingerprint density at radius 1 is 1.58 bits per heavy atom. The van der Waals surface area contributed by atoms with Crippen LogP contribution >= 0.6 is 0 Å². The second kappa shape index (κ2) is 5.54. The van der Waals surface area contributed by atoms with E-state index in [-0.39, 0.29) is 18.7 Å². The lowest BCUT2D eigenvalue weighted by atomic mass is 10.1. The Labute approximate surface area is 70.9 Å². The normalized spacial score (nSPS) is 12.2. The van der Waals surface area contributed by atoms with Gasteiger partial charge in [0.2, 0.25) is 5.91 Å². The molecule has 0 fully saturated rings. The average Bonchev–Trinajstić information content (AvgIpc) is 2.00. The Hall–Kier alpha value is -1.10. The quantitative estimate of drug-likeness (QED) is 0.514. The topological polar surface area (TPSA) is 92.4 Å². The molecule has 70 valence electrons. The Morgan fingerprint density at radius 2 is 2.17 bits per heavy atom. The van der Waals surface area contributed by atoms with Crippen molar-refractivity contribution in [3.63, 3.8) is 0 Å². The Morgan fingerprint density at radius 3 is 2.58 bits per heavy atom. The summed E-state index contributed by atoms with van der Waals surface area (Å²) < 4.78 is 0. The molecular formula is C7H14N2O3. The first-order valence-electron chi connectivity index (χ1n) is 3.83. The average molecular weight is 174 g/mol. The van der Waals surface area contributed by atoms with Crippen molar-refractivity contribution in [2.45, 2.75) is 25.8 Å². The molecule has 0 spiro atoms. The van der Waals surface area contributed by atoms with E-state index in [1.54, 1.807) is 6.92 Å². The van der Waals surface area contributed by atoms with Crippen molar-refractivity contribution in [2.24, 2.45) is 5.73 Å². The van der Waals surface area contributed by atoms with E-state index in [0.717, 1.165) is 0 Å². The fraction of sp³-hybridized carbons (Fsp3) is 0.714. The maximum absolute atomic E-state index is 10.9. The minimum Gasteiger partial charge on any atom is -0.481 e. The largest absolute Gasteiger partial charge is 0.481 e. The number of hydrogen-bond acceptors (Lipinski definition) is 3. The molecule has 0 aliphatic heterocycles. The highest BCUT2D eigenvalue weighted by Gasteiger charge is 2.13. The van der Waals surface area contributed by atoms with Gasteiger partial charge in [0.05, 0.1) is 6.04 Å². The molecule has 4 N–H and O–H groups in total. The van der Waals surface area contributed by atoms with Gasteiger partial charge in [0, 0.05) is 13.0 Å². The van der Waals surface area contributed by atoms with Crippen LogP contribution in [-0.2, 0) is 9.59 Å². The first kappa shape index (κ1) is 10.9. The summed E-state index contributed by atoms with van der Waals surface area (Å²) in [5, 5.41) is 10.8. The summed E-state index contributed by atoms with van der Waals surface area (Å²) in [6.45, 7) is 2.29. The van der Waals surface area contributed by atoms with Gasteiger partial charge in [-0.2, -0.15) is 0 Å². The van der Waals surface area contributed by atoms with Crippen molar-refractivity contribution in [3.05, 3.63) is 0 Å². The molecule has 5 heteroatoms. The number of aliphatic carboxylic acids is 1. The fourth-order valence-corrected chi connectivity index (χ4v) is 0.715. The second-order valence-corrected chi connectivity index (χ2v) is 2.43. The van der Waals surface area contributed by atoms with Gasteiger partial charge >= 0.3 is 5.97 Å². The molecule has 1 atom stereocenters. The van der Waals surface area contributed by atoms with Crippen molar-refractivity contribution in [1.29, 1.82) is 0 Å². The summed E-state index contributed by atoms with van der Waals surface area (Å²) in [6, 6.07) is -0.707. The van der Waals surface area contributed by atoms with Gasteiger partial charge in [0.25, 0.3) is 0 Å². The van der Waals surface area contributed by atoms with Gasteiger partial charge in [-0.3, -0.25) is 9.59 Å². The van der Waals surface area contributed by atoms with Gasteiger partial charge in [-0.25, -0.2) is 0 Å². The molecule has 0 aliphatic rings. The molecule has 0 unspecified atom stereocenters. The molecule has 0 saturated carbocycles. The van der Waals surface area contributed by atoms with Gasteiger partial charge in [-0.15, -0.1) is 0 Å². The molecule has 0 aromatic rings. The predicted octanol–water partition coefficient (Wildman–Crippen LogP) is -0.685. The van der Waals surface area contributed by atoms with Crippen LogP contribution < -0.4 is 11.1 Å². The molecule has 0 rings (SSSR count). The second-order valence-electron chi connectivity index (χ2n) is 2.43. The van der Waals surface area contributed by atoms with E-state index in [1.165, 1.54) is 0 Å². The summed E-state index contributed by atoms with van der Waals surface area (Å²) in [7, 11) is 0. The van der Waals surface area contributed by atoms with E-state index in [4.69, 9.17) is 10.8 Å². The molecule has 1 amide bonds. The van der Waals surface area contributed by atoms with Gasteiger partial charge < -0.3 is 16.2 Å². The van der Waals surface area contributed by atoms with Crippen LogP contribution in [0.1, 0.15) is 19.8 Å². The molecule has 0 bridgehead atoms. The molecule has 0 aromatic carbocycles. The van der Waals surface area contributed by atoms with Crippen molar-refractivity contribution in [1.82, 2.24) is 5.32 Å². The summed E-state index contributed by atoms with van der Waals surface area (Å²) in [6.07, 6.45) is 0.111. The van der Waals surface area contributed by atoms with Gasteiger partial charge in [0.15, 0.2) is 0 Å². The molecule has 0 radical (unpaired) electrons. The third-order valence-electron chi connectivity index (χ3n) is 1.36. The van der Waals surface area contributed by atoms with Crippen LogP contribution in [0, 0.1) is 0 Å². The van der Waals surface area contributed by atoms with Crippen LogP contribution in [0.25, 0.3) is 0 Å². The van der Waals surface area contributed by atoms with Crippen molar-refractivity contribution in [3.8, 4) is 0 Å². The van der Waals surface area contributed by atoms with E-state index in [0.29, 0.717) is 6.54 Å². The maximum Gasteiger partial charge on any atom is 0.303 e. The van der Waals surface area contributed by atoms with E-state index in [1.807, 2.05) is 0 Å². The van der Waals surface area contributed by atoms with Crippen LogP contribution in [0.4, 0.5) is 0 Å². The third kappa shape index (κ3) is 4.68. The number of likely N-dealkylation sites (N-methyl/N-ethyl adjacent to an activating group) is 1. The van der Waals surface area contributed by atoms with Gasteiger partial charge in [-0.1, -0.05) is 0 Å². The standard InChI is InChI=1S/C7H14N2O3/c1-2-9-7(12)5(8)3-4-6(10)11/h5H,2-4,8H2,1H3,(H,9,12)(H,10,11)/t5-/m1/s1. The number of carbonyl (C=O) groups excluding carboxylic acids is 1. The summed E-state index contributed by atoms with van der Waals surface area (Å²) in [5.74, 6) is -1.23. The van der Waals surface area contributed by atoms with Crippen LogP contribution in [0.5, 0.6) is 0 Å².